The van der Waals surface area contributed by atoms with E-state index >= 15 is 0 Å². The Balaban J connectivity index is 2.17. The fourth-order valence-electron chi connectivity index (χ4n) is 1.75. The summed E-state index contributed by atoms with van der Waals surface area (Å²) in [6, 6.07) is 5.11. The first-order valence-electron chi connectivity index (χ1n) is 5.87. The second-order valence-corrected chi connectivity index (χ2v) is 4.82. The van der Waals surface area contributed by atoms with Gasteiger partial charge in [-0.3, -0.25) is 4.98 Å². The monoisotopic (exact) mass is 300 g/mol. The van der Waals surface area contributed by atoms with Crippen LogP contribution in [0.4, 0.5) is 18.9 Å². The number of aromatic nitrogens is 1. The minimum absolute atomic E-state index is 0.249. The molecular formula is C14H12ClF3N2. The molecule has 0 aliphatic heterocycles. The first kappa shape index (κ1) is 14.7. The molecule has 1 aromatic heterocycles. The fourth-order valence-corrected chi connectivity index (χ4v) is 1.93. The Hall–Kier alpha value is -1.75. The SMILES string of the molecule is Cc1cncc(CNc2cc(C(F)(F)F)ccc2Cl)c1. The van der Waals surface area contributed by atoms with Gasteiger partial charge in [-0.05, 0) is 36.2 Å². The van der Waals surface area contributed by atoms with Crippen molar-refractivity contribution in [2.24, 2.45) is 0 Å². The van der Waals surface area contributed by atoms with E-state index in [-0.39, 0.29) is 10.7 Å². The number of alkyl halides is 3. The average molecular weight is 301 g/mol. The maximum absolute atomic E-state index is 12.6. The fraction of sp³-hybridized carbons (Fsp3) is 0.214. The van der Waals surface area contributed by atoms with Gasteiger partial charge in [0.15, 0.2) is 0 Å². The molecule has 0 amide bonds. The van der Waals surface area contributed by atoms with Gasteiger partial charge in [-0.1, -0.05) is 17.7 Å². The van der Waals surface area contributed by atoms with Crippen LogP contribution < -0.4 is 5.32 Å². The molecule has 0 radical (unpaired) electrons. The van der Waals surface area contributed by atoms with Crippen LogP contribution in [0.15, 0.2) is 36.7 Å². The Morgan fingerprint density at radius 3 is 2.60 bits per heavy atom. The van der Waals surface area contributed by atoms with Crippen LogP contribution in [0, 0.1) is 6.92 Å². The zero-order valence-electron chi connectivity index (χ0n) is 10.6. The second kappa shape index (κ2) is 5.71. The number of hydrogen-bond donors (Lipinski definition) is 1. The molecule has 106 valence electrons. The van der Waals surface area contributed by atoms with Gasteiger partial charge in [0.1, 0.15) is 0 Å². The normalized spacial score (nSPS) is 11.4. The number of halogens is 4. The number of rotatable bonds is 3. The van der Waals surface area contributed by atoms with Crippen molar-refractivity contribution in [3.05, 3.63) is 58.4 Å². The summed E-state index contributed by atoms with van der Waals surface area (Å²) in [4.78, 5) is 4.02. The topological polar surface area (TPSA) is 24.9 Å². The van der Waals surface area contributed by atoms with Gasteiger partial charge in [0.2, 0.25) is 0 Å². The third-order valence-corrected chi connectivity index (χ3v) is 3.04. The molecule has 0 aliphatic carbocycles. The number of hydrogen-bond acceptors (Lipinski definition) is 2. The molecule has 2 aromatic rings. The van der Waals surface area contributed by atoms with Crippen LogP contribution in [0.2, 0.25) is 5.02 Å². The third kappa shape index (κ3) is 3.63. The van der Waals surface area contributed by atoms with Crippen molar-refractivity contribution in [3.63, 3.8) is 0 Å². The number of nitrogens with one attached hydrogen (secondary N) is 1. The van der Waals surface area contributed by atoms with Crippen molar-refractivity contribution in [2.45, 2.75) is 19.6 Å². The highest BCUT2D eigenvalue weighted by atomic mass is 35.5. The molecule has 1 heterocycles. The van der Waals surface area contributed by atoms with Gasteiger partial charge in [0.05, 0.1) is 16.3 Å². The molecule has 0 saturated heterocycles. The summed E-state index contributed by atoms with van der Waals surface area (Å²) < 4.78 is 37.9. The van der Waals surface area contributed by atoms with Crippen LogP contribution in [0.1, 0.15) is 16.7 Å². The van der Waals surface area contributed by atoms with Crippen molar-refractivity contribution in [2.75, 3.05) is 5.32 Å². The molecule has 1 N–H and O–H groups in total. The van der Waals surface area contributed by atoms with E-state index in [4.69, 9.17) is 11.6 Å². The summed E-state index contributed by atoms with van der Waals surface area (Å²) >= 11 is 5.90. The Kier molecular flexibility index (Phi) is 4.18. The molecule has 0 aliphatic rings. The van der Waals surface area contributed by atoms with Gasteiger partial charge in [-0.25, -0.2) is 0 Å². The molecule has 0 spiro atoms. The van der Waals surface area contributed by atoms with E-state index in [0.717, 1.165) is 23.3 Å². The highest BCUT2D eigenvalue weighted by molar-refractivity contribution is 6.33. The predicted molar refractivity (Wildman–Crippen MR) is 72.8 cm³/mol. The molecule has 1 aromatic carbocycles. The largest absolute Gasteiger partial charge is 0.416 e. The summed E-state index contributed by atoms with van der Waals surface area (Å²) in [5.41, 5.74) is 1.38. The predicted octanol–water partition coefficient (Wildman–Crippen LogP) is 4.67. The Bertz CT molecular complexity index is 612. The molecule has 6 heteroatoms. The van der Waals surface area contributed by atoms with Crippen molar-refractivity contribution in [3.8, 4) is 0 Å². The molecule has 0 saturated carbocycles. The van der Waals surface area contributed by atoms with Crippen LogP contribution in [-0.2, 0) is 12.7 Å². The summed E-state index contributed by atoms with van der Waals surface area (Å²) in [6.45, 7) is 2.25. The number of anilines is 1. The van der Waals surface area contributed by atoms with E-state index < -0.39 is 11.7 Å². The quantitative estimate of drug-likeness (QED) is 0.890. The number of benzene rings is 1. The molecule has 20 heavy (non-hydrogen) atoms. The minimum Gasteiger partial charge on any atom is -0.380 e. The molecule has 2 rings (SSSR count). The van der Waals surface area contributed by atoms with Crippen molar-refractivity contribution >= 4 is 17.3 Å². The molecule has 0 unspecified atom stereocenters. The van der Waals surface area contributed by atoms with Gasteiger partial charge >= 0.3 is 6.18 Å². The molecule has 0 atom stereocenters. The lowest BCUT2D eigenvalue weighted by molar-refractivity contribution is -0.137. The summed E-state index contributed by atoms with van der Waals surface area (Å²) in [5, 5.41) is 3.15. The molecule has 0 fully saturated rings. The average Bonchev–Trinajstić information content (AvgIpc) is 2.36. The number of aryl methyl sites for hydroxylation is 1. The maximum atomic E-state index is 12.6. The van der Waals surface area contributed by atoms with Crippen LogP contribution in [0.25, 0.3) is 0 Å². The van der Waals surface area contributed by atoms with Gasteiger partial charge < -0.3 is 5.32 Å². The maximum Gasteiger partial charge on any atom is 0.416 e. The summed E-state index contributed by atoms with van der Waals surface area (Å²) in [7, 11) is 0. The number of nitrogens with zero attached hydrogens (tertiary/aromatic N) is 1. The zero-order chi connectivity index (χ0) is 14.8. The van der Waals surface area contributed by atoms with Gasteiger partial charge in [0.25, 0.3) is 0 Å². The van der Waals surface area contributed by atoms with Crippen LogP contribution in [-0.4, -0.2) is 4.98 Å². The Morgan fingerprint density at radius 1 is 1.20 bits per heavy atom. The lowest BCUT2D eigenvalue weighted by Crippen LogP contribution is -2.07. The standard InChI is InChI=1S/C14H12ClF3N2/c1-9-4-10(7-19-6-9)8-20-13-5-11(14(16,17)18)2-3-12(13)15/h2-7,20H,8H2,1H3. The smallest absolute Gasteiger partial charge is 0.380 e. The summed E-state index contributed by atoms with van der Waals surface area (Å²) in [5.74, 6) is 0. The van der Waals surface area contributed by atoms with Gasteiger partial charge in [-0.2, -0.15) is 13.2 Å². The molecular weight excluding hydrogens is 289 g/mol. The molecule has 0 bridgehead atoms. The minimum atomic E-state index is -4.38. The Morgan fingerprint density at radius 2 is 1.95 bits per heavy atom. The van der Waals surface area contributed by atoms with E-state index in [1.54, 1.807) is 12.4 Å². The summed E-state index contributed by atoms with van der Waals surface area (Å²) in [6.07, 6.45) is -1.02. The first-order chi connectivity index (χ1) is 9.36. The lowest BCUT2D eigenvalue weighted by Gasteiger charge is -2.12. The zero-order valence-corrected chi connectivity index (χ0v) is 11.4. The number of pyridine rings is 1. The van der Waals surface area contributed by atoms with Crippen molar-refractivity contribution in [1.29, 1.82) is 0 Å². The van der Waals surface area contributed by atoms with Crippen molar-refractivity contribution < 1.29 is 13.2 Å². The third-order valence-electron chi connectivity index (χ3n) is 2.71. The van der Waals surface area contributed by atoms with E-state index in [0.29, 0.717) is 6.54 Å². The second-order valence-electron chi connectivity index (χ2n) is 4.42. The van der Waals surface area contributed by atoms with E-state index in [1.807, 2.05) is 13.0 Å². The van der Waals surface area contributed by atoms with E-state index in [1.165, 1.54) is 6.07 Å². The van der Waals surface area contributed by atoms with E-state index in [9.17, 15) is 13.2 Å². The molecule has 2 nitrogen and oxygen atoms in total. The van der Waals surface area contributed by atoms with Gasteiger partial charge in [-0.15, -0.1) is 0 Å². The highest BCUT2D eigenvalue weighted by Gasteiger charge is 2.30. The van der Waals surface area contributed by atoms with Crippen LogP contribution in [0.3, 0.4) is 0 Å². The van der Waals surface area contributed by atoms with Gasteiger partial charge in [0, 0.05) is 18.9 Å². The highest BCUT2D eigenvalue weighted by Crippen LogP contribution is 2.33. The van der Waals surface area contributed by atoms with Crippen LogP contribution in [0.5, 0.6) is 0 Å². The Labute approximate surface area is 119 Å². The lowest BCUT2D eigenvalue weighted by atomic mass is 10.1. The first-order valence-corrected chi connectivity index (χ1v) is 6.25. The van der Waals surface area contributed by atoms with Crippen molar-refractivity contribution in [1.82, 2.24) is 4.98 Å². The van der Waals surface area contributed by atoms with E-state index in [2.05, 4.69) is 10.3 Å². The van der Waals surface area contributed by atoms with Crippen LogP contribution >= 0.6 is 11.6 Å².